The molecule has 0 aromatic carbocycles. The van der Waals surface area contributed by atoms with Gasteiger partial charge in [0.05, 0.1) is 6.26 Å². The van der Waals surface area contributed by atoms with Crippen molar-refractivity contribution in [2.45, 2.75) is 0 Å². The lowest BCUT2D eigenvalue weighted by molar-refractivity contribution is 0.0520. The molecule has 7 heteroatoms. The van der Waals surface area contributed by atoms with Gasteiger partial charge in [0.15, 0.2) is 5.76 Å². The zero-order valence-electron chi connectivity index (χ0n) is 10.7. The number of nitrogens with zero attached hydrogens (tertiary/aromatic N) is 3. The molecule has 0 unspecified atom stereocenters. The van der Waals surface area contributed by atoms with Gasteiger partial charge in [-0.2, -0.15) is 0 Å². The third-order valence-corrected chi connectivity index (χ3v) is 3.97. The lowest BCUT2D eigenvalue weighted by Crippen LogP contribution is -2.50. The van der Waals surface area contributed by atoms with Crippen molar-refractivity contribution < 1.29 is 14.0 Å². The molecule has 3 rings (SSSR count). The van der Waals surface area contributed by atoms with E-state index in [-0.39, 0.29) is 11.8 Å². The molecule has 2 aromatic rings. The van der Waals surface area contributed by atoms with Crippen LogP contribution in [-0.4, -0.2) is 52.2 Å². The van der Waals surface area contributed by atoms with Gasteiger partial charge in [-0.1, -0.05) is 0 Å². The highest BCUT2D eigenvalue weighted by Gasteiger charge is 2.26. The highest BCUT2D eigenvalue weighted by atomic mass is 32.1. The molecule has 1 fully saturated rings. The van der Waals surface area contributed by atoms with Gasteiger partial charge in [0.25, 0.3) is 11.8 Å². The van der Waals surface area contributed by atoms with Gasteiger partial charge in [-0.15, -0.1) is 0 Å². The number of piperazine rings is 1. The predicted molar refractivity (Wildman–Crippen MR) is 72.6 cm³/mol. The first-order valence-corrected chi connectivity index (χ1v) is 7.06. The van der Waals surface area contributed by atoms with Crippen LogP contribution in [0.2, 0.25) is 0 Å². The molecule has 0 N–H and O–H groups in total. The standard InChI is InChI=1S/C13H13N3O3S/c17-12(10-2-1-9-19-10)15-5-7-16(8-6-15)13(18)11-3-4-14-20-11/h1-4,9H,5-8H2. The highest BCUT2D eigenvalue weighted by Crippen LogP contribution is 2.13. The van der Waals surface area contributed by atoms with Crippen LogP contribution in [0.3, 0.4) is 0 Å². The van der Waals surface area contributed by atoms with Crippen LogP contribution in [0.1, 0.15) is 20.2 Å². The third kappa shape index (κ3) is 2.44. The number of hydrogen-bond acceptors (Lipinski definition) is 5. The minimum absolute atomic E-state index is 0.0161. The lowest BCUT2D eigenvalue weighted by atomic mass is 10.2. The minimum atomic E-state index is -0.125. The number of aromatic nitrogens is 1. The molecule has 1 aliphatic heterocycles. The molecule has 0 saturated carbocycles. The van der Waals surface area contributed by atoms with Gasteiger partial charge in [-0.3, -0.25) is 9.59 Å². The van der Waals surface area contributed by atoms with Crippen LogP contribution in [0.25, 0.3) is 0 Å². The molecule has 2 amide bonds. The van der Waals surface area contributed by atoms with Gasteiger partial charge in [0.1, 0.15) is 4.88 Å². The summed E-state index contributed by atoms with van der Waals surface area (Å²) in [6, 6.07) is 5.06. The maximum atomic E-state index is 12.1. The molecule has 104 valence electrons. The fourth-order valence-corrected chi connectivity index (χ4v) is 2.71. The number of carbonyl (C=O) groups excluding carboxylic acids is 2. The summed E-state index contributed by atoms with van der Waals surface area (Å²) in [6.45, 7) is 2.10. The van der Waals surface area contributed by atoms with Crippen molar-refractivity contribution in [2.75, 3.05) is 26.2 Å². The second-order valence-electron chi connectivity index (χ2n) is 4.44. The van der Waals surface area contributed by atoms with Gasteiger partial charge in [0, 0.05) is 32.4 Å². The Kier molecular flexibility index (Phi) is 3.51. The minimum Gasteiger partial charge on any atom is -0.459 e. The highest BCUT2D eigenvalue weighted by molar-refractivity contribution is 7.08. The van der Waals surface area contributed by atoms with E-state index in [1.54, 1.807) is 34.2 Å². The topological polar surface area (TPSA) is 66.7 Å². The monoisotopic (exact) mass is 291 g/mol. The van der Waals surface area contributed by atoms with Crippen molar-refractivity contribution in [1.29, 1.82) is 0 Å². The van der Waals surface area contributed by atoms with Crippen LogP contribution in [0.4, 0.5) is 0 Å². The second-order valence-corrected chi connectivity index (χ2v) is 5.27. The fraction of sp³-hybridized carbons (Fsp3) is 0.308. The van der Waals surface area contributed by atoms with E-state index in [1.165, 1.54) is 17.8 Å². The second kappa shape index (κ2) is 5.46. The van der Waals surface area contributed by atoms with Crippen LogP contribution >= 0.6 is 11.5 Å². The summed E-state index contributed by atoms with van der Waals surface area (Å²) in [5, 5.41) is 0. The van der Waals surface area contributed by atoms with Crippen LogP contribution in [0.5, 0.6) is 0 Å². The molecule has 0 aliphatic carbocycles. The quantitative estimate of drug-likeness (QED) is 0.837. The van der Waals surface area contributed by atoms with Crippen molar-refractivity contribution >= 4 is 23.3 Å². The van der Waals surface area contributed by atoms with Crippen molar-refractivity contribution in [2.24, 2.45) is 0 Å². The average molecular weight is 291 g/mol. The Labute approximate surface area is 119 Å². The first-order chi connectivity index (χ1) is 9.75. The number of amides is 2. The maximum absolute atomic E-state index is 12.1. The Balaban J connectivity index is 1.60. The number of rotatable bonds is 2. The SMILES string of the molecule is O=C(c1ccco1)N1CCN(C(=O)c2ccns2)CC1. The Morgan fingerprint density at radius 3 is 2.35 bits per heavy atom. The first kappa shape index (κ1) is 12.9. The van der Waals surface area contributed by atoms with E-state index >= 15 is 0 Å². The van der Waals surface area contributed by atoms with Crippen LogP contribution in [-0.2, 0) is 0 Å². The van der Waals surface area contributed by atoms with E-state index in [2.05, 4.69) is 4.37 Å². The van der Waals surface area contributed by atoms with Crippen LogP contribution in [0.15, 0.2) is 35.1 Å². The van der Waals surface area contributed by atoms with E-state index in [0.717, 1.165) is 0 Å². The van der Waals surface area contributed by atoms with Crippen LogP contribution < -0.4 is 0 Å². The molecular formula is C13H13N3O3S. The summed E-state index contributed by atoms with van der Waals surface area (Å²) in [5.41, 5.74) is 0. The number of carbonyl (C=O) groups is 2. The third-order valence-electron chi connectivity index (χ3n) is 3.23. The average Bonchev–Trinajstić information content (AvgIpc) is 3.18. The summed E-state index contributed by atoms with van der Waals surface area (Å²) >= 11 is 1.19. The Hall–Kier alpha value is -2.15. The molecule has 1 aliphatic rings. The predicted octanol–water partition coefficient (Wildman–Crippen LogP) is 1.33. The Morgan fingerprint density at radius 1 is 1.10 bits per heavy atom. The fourth-order valence-electron chi connectivity index (χ4n) is 2.15. The molecule has 0 atom stereocenters. The molecule has 3 heterocycles. The Bertz CT molecular complexity index is 532. The summed E-state index contributed by atoms with van der Waals surface area (Å²) in [6.07, 6.45) is 3.10. The number of furan rings is 1. The van der Waals surface area contributed by atoms with E-state index in [0.29, 0.717) is 36.8 Å². The summed E-state index contributed by atoms with van der Waals surface area (Å²) in [7, 11) is 0. The van der Waals surface area contributed by atoms with Gasteiger partial charge in [-0.05, 0) is 29.7 Å². The zero-order valence-corrected chi connectivity index (χ0v) is 11.5. The normalized spacial score (nSPS) is 15.4. The van der Waals surface area contributed by atoms with Gasteiger partial charge in [-0.25, -0.2) is 4.37 Å². The van der Waals surface area contributed by atoms with Crippen molar-refractivity contribution in [3.63, 3.8) is 0 Å². The first-order valence-electron chi connectivity index (χ1n) is 6.28. The largest absolute Gasteiger partial charge is 0.459 e. The van der Waals surface area contributed by atoms with E-state index < -0.39 is 0 Å². The zero-order chi connectivity index (χ0) is 13.9. The molecular weight excluding hydrogens is 278 g/mol. The molecule has 20 heavy (non-hydrogen) atoms. The maximum Gasteiger partial charge on any atom is 0.289 e. The van der Waals surface area contributed by atoms with Gasteiger partial charge < -0.3 is 14.2 Å². The van der Waals surface area contributed by atoms with Crippen molar-refractivity contribution in [3.8, 4) is 0 Å². The van der Waals surface area contributed by atoms with E-state index in [4.69, 9.17) is 4.42 Å². The molecule has 0 spiro atoms. The molecule has 0 bridgehead atoms. The Morgan fingerprint density at radius 2 is 1.80 bits per heavy atom. The summed E-state index contributed by atoms with van der Waals surface area (Å²) in [4.78, 5) is 28.3. The lowest BCUT2D eigenvalue weighted by Gasteiger charge is -2.34. The van der Waals surface area contributed by atoms with Crippen molar-refractivity contribution in [3.05, 3.63) is 41.3 Å². The summed E-state index contributed by atoms with van der Waals surface area (Å²) in [5.74, 6) is 0.199. The molecule has 2 aromatic heterocycles. The smallest absolute Gasteiger partial charge is 0.289 e. The van der Waals surface area contributed by atoms with Gasteiger partial charge in [0.2, 0.25) is 0 Å². The molecule has 6 nitrogen and oxygen atoms in total. The van der Waals surface area contributed by atoms with Crippen molar-refractivity contribution in [1.82, 2.24) is 14.2 Å². The number of hydrogen-bond donors (Lipinski definition) is 0. The van der Waals surface area contributed by atoms with Gasteiger partial charge >= 0.3 is 0 Å². The van der Waals surface area contributed by atoms with E-state index in [1.807, 2.05) is 0 Å². The molecule has 1 saturated heterocycles. The summed E-state index contributed by atoms with van der Waals surface area (Å²) < 4.78 is 9.04. The molecule has 0 radical (unpaired) electrons. The van der Waals surface area contributed by atoms with Crippen LogP contribution in [0, 0.1) is 0 Å². The van der Waals surface area contributed by atoms with E-state index in [9.17, 15) is 9.59 Å².